The molecule has 0 saturated carbocycles. The number of hydrogen-bond acceptors (Lipinski definition) is 7. The minimum Gasteiger partial charge on any atom is -0.497 e. The molecule has 0 fully saturated rings. The predicted octanol–water partition coefficient (Wildman–Crippen LogP) is 2.79. The van der Waals surface area contributed by atoms with Crippen molar-refractivity contribution < 1.29 is 28.9 Å². The molecule has 2 aromatic carbocycles. The molecular formula is C23H27NO6. The summed E-state index contributed by atoms with van der Waals surface area (Å²) >= 11 is 0. The van der Waals surface area contributed by atoms with Crippen molar-refractivity contribution in [1.29, 1.82) is 0 Å². The fourth-order valence-electron chi connectivity index (χ4n) is 2.65. The second kappa shape index (κ2) is 11.7. The van der Waals surface area contributed by atoms with Crippen LogP contribution in [0.3, 0.4) is 0 Å². The molecule has 0 aliphatic carbocycles. The van der Waals surface area contributed by atoms with Crippen LogP contribution in [0.4, 0.5) is 0 Å². The lowest BCUT2D eigenvalue weighted by molar-refractivity contribution is -0.140. The lowest BCUT2D eigenvalue weighted by Gasteiger charge is -2.16. The van der Waals surface area contributed by atoms with Gasteiger partial charge >= 0.3 is 11.9 Å². The van der Waals surface area contributed by atoms with Crippen LogP contribution in [0.25, 0.3) is 0 Å². The van der Waals surface area contributed by atoms with E-state index in [9.17, 15) is 14.7 Å². The number of carbonyl (C=O) groups is 2. The van der Waals surface area contributed by atoms with E-state index in [1.165, 1.54) is 6.92 Å². The second-order valence-corrected chi connectivity index (χ2v) is 6.59. The summed E-state index contributed by atoms with van der Waals surface area (Å²) in [6.07, 6.45) is -0.338. The van der Waals surface area contributed by atoms with Crippen LogP contribution in [0.5, 0.6) is 5.75 Å². The quantitative estimate of drug-likeness (QED) is 0.253. The molecule has 30 heavy (non-hydrogen) atoms. The maximum absolute atomic E-state index is 12.4. The van der Waals surface area contributed by atoms with Gasteiger partial charge in [-0.05, 0) is 37.1 Å². The highest BCUT2D eigenvalue weighted by Gasteiger charge is 2.18. The summed E-state index contributed by atoms with van der Waals surface area (Å²) in [7, 11) is 1.62. The molecule has 0 amide bonds. The van der Waals surface area contributed by atoms with Crippen LogP contribution in [-0.2, 0) is 20.7 Å². The van der Waals surface area contributed by atoms with Gasteiger partial charge < -0.3 is 19.3 Å². The van der Waals surface area contributed by atoms with Gasteiger partial charge in [-0.15, -0.1) is 0 Å². The van der Waals surface area contributed by atoms with Gasteiger partial charge in [0, 0.05) is 17.7 Å². The van der Waals surface area contributed by atoms with Crippen LogP contribution >= 0.6 is 0 Å². The molecule has 1 atom stereocenters. The van der Waals surface area contributed by atoms with Gasteiger partial charge in [0.15, 0.2) is 0 Å². The lowest BCUT2D eigenvalue weighted by atomic mass is 10.1. The summed E-state index contributed by atoms with van der Waals surface area (Å²) in [6, 6.07) is 14.3. The van der Waals surface area contributed by atoms with E-state index in [0.717, 1.165) is 11.3 Å². The first-order valence-corrected chi connectivity index (χ1v) is 9.55. The highest BCUT2D eigenvalue weighted by atomic mass is 16.6. The van der Waals surface area contributed by atoms with E-state index in [4.69, 9.17) is 14.2 Å². The van der Waals surface area contributed by atoms with Crippen LogP contribution in [0.2, 0.25) is 0 Å². The van der Waals surface area contributed by atoms with E-state index in [1.807, 2.05) is 24.3 Å². The topological polar surface area (TPSA) is 94.1 Å². The van der Waals surface area contributed by atoms with E-state index < -0.39 is 18.2 Å². The maximum Gasteiger partial charge on any atom is 0.338 e. The minimum absolute atomic E-state index is 0.0672. The molecule has 1 unspecified atom stereocenters. The maximum atomic E-state index is 12.4. The Labute approximate surface area is 176 Å². The Bertz CT molecular complexity index is 862. The molecule has 7 heteroatoms. The fourth-order valence-corrected chi connectivity index (χ4v) is 2.65. The number of rotatable bonds is 11. The third kappa shape index (κ3) is 7.02. The largest absolute Gasteiger partial charge is 0.497 e. The molecule has 7 nitrogen and oxygen atoms in total. The van der Waals surface area contributed by atoms with E-state index in [-0.39, 0.29) is 24.4 Å². The Morgan fingerprint density at radius 2 is 1.73 bits per heavy atom. The molecule has 0 spiro atoms. The molecule has 0 aromatic heterocycles. The number of aliphatic hydroxyl groups excluding tert-OH is 1. The van der Waals surface area contributed by atoms with Gasteiger partial charge in [0.1, 0.15) is 25.2 Å². The van der Waals surface area contributed by atoms with E-state index in [1.54, 1.807) is 31.4 Å². The third-order valence-corrected chi connectivity index (χ3v) is 4.28. The Hall–Kier alpha value is -3.16. The number of nitrogens with one attached hydrogen (secondary N) is 1. The van der Waals surface area contributed by atoms with Crippen LogP contribution in [-0.4, -0.2) is 43.9 Å². The summed E-state index contributed by atoms with van der Waals surface area (Å²) in [5, 5.41) is 13.5. The first-order chi connectivity index (χ1) is 14.4. The monoisotopic (exact) mass is 413 g/mol. The third-order valence-electron chi connectivity index (χ3n) is 4.28. The molecule has 0 radical (unpaired) electrons. The van der Waals surface area contributed by atoms with Crippen molar-refractivity contribution in [3.8, 4) is 5.75 Å². The number of aliphatic hydroxyl groups is 1. The zero-order chi connectivity index (χ0) is 21.9. The Kier molecular flexibility index (Phi) is 9.05. The van der Waals surface area contributed by atoms with Gasteiger partial charge in [0.2, 0.25) is 0 Å². The van der Waals surface area contributed by atoms with Crippen LogP contribution in [0.15, 0.2) is 60.7 Å². The SMILES string of the molecule is C=C(C)C(=O)OCCOC(=O)c1ccccc1C(O)NCCc1ccc(OC)cc1. The first kappa shape index (κ1) is 23.1. The summed E-state index contributed by atoms with van der Waals surface area (Å²) < 4.78 is 15.2. The average molecular weight is 413 g/mol. The smallest absolute Gasteiger partial charge is 0.338 e. The fraction of sp³-hybridized carbons (Fsp3) is 0.304. The van der Waals surface area contributed by atoms with Crippen LogP contribution < -0.4 is 10.1 Å². The highest BCUT2D eigenvalue weighted by molar-refractivity contribution is 5.91. The number of hydrogen-bond donors (Lipinski definition) is 2. The van der Waals surface area contributed by atoms with Crippen molar-refractivity contribution in [2.75, 3.05) is 26.9 Å². The van der Waals surface area contributed by atoms with Gasteiger partial charge in [0.25, 0.3) is 0 Å². The van der Waals surface area contributed by atoms with E-state index >= 15 is 0 Å². The Balaban J connectivity index is 1.87. The Morgan fingerprint density at radius 3 is 2.40 bits per heavy atom. The van der Waals surface area contributed by atoms with Gasteiger partial charge in [0.05, 0.1) is 12.7 Å². The zero-order valence-corrected chi connectivity index (χ0v) is 17.2. The lowest BCUT2D eigenvalue weighted by Crippen LogP contribution is -2.25. The zero-order valence-electron chi connectivity index (χ0n) is 17.2. The summed E-state index contributed by atoms with van der Waals surface area (Å²) in [5.41, 5.74) is 2.02. The molecule has 160 valence electrons. The molecule has 0 aliphatic heterocycles. The second-order valence-electron chi connectivity index (χ2n) is 6.59. The molecule has 0 saturated heterocycles. The minimum atomic E-state index is -1.03. The number of ether oxygens (including phenoxy) is 3. The number of benzene rings is 2. The van der Waals surface area contributed by atoms with Crippen molar-refractivity contribution in [2.24, 2.45) is 0 Å². The molecule has 2 aromatic rings. The van der Waals surface area contributed by atoms with Gasteiger partial charge in [-0.2, -0.15) is 0 Å². The average Bonchev–Trinajstić information content (AvgIpc) is 2.76. The van der Waals surface area contributed by atoms with Crippen molar-refractivity contribution >= 4 is 11.9 Å². The van der Waals surface area contributed by atoms with Crippen LogP contribution in [0.1, 0.15) is 34.6 Å². The van der Waals surface area contributed by atoms with Gasteiger partial charge in [-0.25, -0.2) is 9.59 Å². The molecule has 0 heterocycles. The molecular weight excluding hydrogens is 386 g/mol. The highest BCUT2D eigenvalue weighted by Crippen LogP contribution is 2.18. The molecule has 0 bridgehead atoms. The summed E-state index contributed by atoms with van der Waals surface area (Å²) in [6.45, 7) is 5.36. The number of esters is 2. The summed E-state index contributed by atoms with van der Waals surface area (Å²) in [5.74, 6) is -0.357. The normalized spacial score (nSPS) is 11.4. The molecule has 2 rings (SSSR count). The summed E-state index contributed by atoms with van der Waals surface area (Å²) in [4.78, 5) is 23.7. The van der Waals surface area contributed by atoms with E-state index in [0.29, 0.717) is 18.5 Å². The van der Waals surface area contributed by atoms with Gasteiger partial charge in [-0.3, -0.25) is 5.32 Å². The van der Waals surface area contributed by atoms with E-state index in [2.05, 4.69) is 11.9 Å². The Morgan fingerprint density at radius 1 is 1.07 bits per heavy atom. The first-order valence-electron chi connectivity index (χ1n) is 9.55. The van der Waals surface area contributed by atoms with Crippen molar-refractivity contribution in [3.05, 3.63) is 77.4 Å². The van der Waals surface area contributed by atoms with Crippen LogP contribution in [0, 0.1) is 0 Å². The predicted molar refractivity (Wildman–Crippen MR) is 112 cm³/mol. The number of methoxy groups -OCH3 is 1. The number of carbonyl (C=O) groups excluding carboxylic acids is 2. The van der Waals surface area contributed by atoms with Crippen molar-refractivity contribution in [1.82, 2.24) is 5.32 Å². The standard InChI is InChI=1S/C23H27NO6/c1-16(2)22(26)29-14-15-30-23(27)20-7-5-4-6-19(20)21(25)24-13-12-17-8-10-18(28-3)11-9-17/h4-11,21,24-25H,1,12-15H2,2-3H3. The van der Waals surface area contributed by atoms with Crippen molar-refractivity contribution in [3.63, 3.8) is 0 Å². The van der Waals surface area contributed by atoms with Crippen molar-refractivity contribution in [2.45, 2.75) is 19.6 Å². The molecule has 2 N–H and O–H groups in total. The van der Waals surface area contributed by atoms with Gasteiger partial charge in [-0.1, -0.05) is 36.9 Å². The molecule has 0 aliphatic rings.